The van der Waals surface area contributed by atoms with E-state index in [1.165, 1.54) is 12.1 Å². The van der Waals surface area contributed by atoms with Crippen LogP contribution in [0.2, 0.25) is 0 Å². The summed E-state index contributed by atoms with van der Waals surface area (Å²) in [5.41, 5.74) is -1.09. The van der Waals surface area contributed by atoms with Gasteiger partial charge in [0.25, 0.3) is 0 Å². The first-order valence-corrected chi connectivity index (χ1v) is 5.25. The molecule has 0 aliphatic carbocycles. The van der Waals surface area contributed by atoms with Gasteiger partial charge >= 0.3 is 6.18 Å². The third kappa shape index (κ3) is 2.49. The molecule has 0 fully saturated rings. The van der Waals surface area contributed by atoms with Crippen molar-refractivity contribution >= 4 is 15.9 Å². The van der Waals surface area contributed by atoms with E-state index in [9.17, 15) is 17.6 Å². The molecule has 0 radical (unpaired) electrons. The number of benzene rings is 1. The highest BCUT2D eigenvalue weighted by Gasteiger charge is 2.33. The van der Waals surface area contributed by atoms with Gasteiger partial charge in [0.2, 0.25) is 0 Å². The van der Waals surface area contributed by atoms with Crippen LogP contribution in [0.25, 0.3) is 11.3 Å². The Labute approximate surface area is 102 Å². The summed E-state index contributed by atoms with van der Waals surface area (Å²) in [6.07, 6.45) is -4.52. The van der Waals surface area contributed by atoms with Gasteiger partial charge in [0.15, 0.2) is 0 Å². The number of nitrogens with one attached hydrogen (secondary N) is 1. The molecule has 2 rings (SSSR count). The zero-order valence-corrected chi connectivity index (χ0v) is 9.73. The van der Waals surface area contributed by atoms with Gasteiger partial charge in [-0.3, -0.25) is 5.10 Å². The number of hydrogen-bond donors (Lipinski definition) is 1. The molecule has 0 aliphatic heterocycles. The molecule has 1 aromatic heterocycles. The van der Waals surface area contributed by atoms with Gasteiger partial charge in [0, 0.05) is 10.0 Å². The molecule has 0 spiro atoms. The van der Waals surface area contributed by atoms with Crippen molar-refractivity contribution in [3.8, 4) is 11.3 Å². The van der Waals surface area contributed by atoms with Gasteiger partial charge in [0.1, 0.15) is 11.5 Å². The first kappa shape index (κ1) is 12.1. The van der Waals surface area contributed by atoms with E-state index in [0.717, 1.165) is 12.1 Å². The van der Waals surface area contributed by atoms with Crippen molar-refractivity contribution < 1.29 is 17.6 Å². The average Bonchev–Trinajstić information content (AvgIpc) is 2.70. The van der Waals surface area contributed by atoms with Crippen LogP contribution in [0.4, 0.5) is 17.6 Å². The Bertz CT molecular complexity index is 547. The van der Waals surface area contributed by atoms with E-state index in [-0.39, 0.29) is 11.3 Å². The molecule has 17 heavy (non-hydrogen) atoms. The summed E-state index contributed by atoms with van der Waals surface area (Å²) >= 11 is 3.11. The SMILES string of the molecule is Fc1ccc(Br)cc1-c1cc(C(F)(F)F)[nH]n1. The van der Waals surface area contributed by atoms with Crippen molar-refractivity contribution in [2.45, 2.75) is 6.18 Å². The summed E-state index contributed by atoms with van der Waals surface area (Å²) in [6, 6.07) is 4.74. The Hall–Kier alpha value is -1.37. The summed E-state index contributed by atoms with van der Waals surface area (Å²) in [5.74, 6) is -0.631. The number of nitrogens with zero attached hydrogens (tertiary/aromatic N) is 1. The van der Waals surface area contributed by atoms with Crippen LogP contribution in [0.5, 0.6) is 0 Å². The van der Waals surface area contributed by atoms with E-state index in [1.807, 2.05) is 5.10 Å². The first-order valence-electron chi connectivity index (χ1n) is 4.46. The van der Waals surface area contributed by atoms with E-state index >= 15 is 0 Å². The number of aromatic amines is 1. The van der Waals surface area contributed by atoms with E-state index in [1.54, 1.807) is 0 Å². The maximum absolute atomic E-state index is 13.4. The number of hydrogen-bond acceptors (Lipinski definition) is 1. The van der Waals surface area contributed by atoms with Gasteiger partial charge in [-0.05, 0) is 24.3 Å². The molecule has 0 aliphatic rings. The summed E-state index contributed by atoms with van der Waals surface area (Å²) in [6.45, 7) is 0. The van der Waals surface area contributed by atoms with Gasteiger partial charge in [0.05, 0.1) is 5.69 Å². The minimum absolute atomic E-state index is 0.00567. The molecule has 0 unspecified atom stereocenters. The Morgan fingerprint density at radius 2 is 1.88 bits per heavy atom. The number of rotatable bonds is 1. The van der Waals surface area contributed by atoms with Crippen molar-refractivity contribution in [3.63, 3.8) is 0 Å². The van der Waals surface area contributed by atoms with Crippen molar-refractivity contribution in [3.05, 3.63) is 40.2 Å². The van der Waals surface area contributed by atoms with Crippen molar-refractivity contribution in [1.82, 2.24) is 10.2 Å². The van der Waals surface area contributed by atoms with Crippen LogP contribution in [0.1, 0.15) is 5.69 Å². The maximum atomic E-state index is 13.4. The van der Waals surface area contributed by atoms with Crippen molar-refractivity contribution in [2.24, 2.45) is 0 Å². The molecule has 2 aromatic rings. The van der Waals surface area contributed by atoms with Crippen LogP contribution >= 0.6 is 15.9 Å². The molecule has 0 bridgehead atoms. The van der Waals surface area contributed by atoms with Gasteiger partial charge in [-0.2, -0.15) is 18.3 Å². The molecule has 90 valence electrons. The van der Waals surface area contributed by atoms with Crippen LogP contribution in [0.15, 0.2) is 28.7 Å². The maximum Gasteiger partial charge on any atom is 0.432 e. The molecule has 0 atom stereocenters. The second kappa shape index (κ2) is 4.14. The normalized spacial score (nSPS) is 11.8. The standard InChI is InChI=1S/C10H5BrF4N2/c11-5-1-2-7(12)6(3-5)8-4-9(17-16-8)10(13,14)15/h1-4H,(H,16,17). The van der Waals surface area contributed by atoms with E-state index in [0.29, 0.717) is 4.47 Å². The van der Waals surface area contributed by atoms with Gasteiger partial charge in [-0.25, -0.2) is 4.39 Å². The average molecular weight is 309 g/mol. The van der Waals surface area contributed by atoms with Crippen LogP contribution in [0.3, 0.4) is 0 Å². The highest BCUT2D eigenvalue weighted by molar-refractivity contribution is 9.10. The molecule has 1 aromatic carbocycles. The first-order chi connectivity index (χ1) is 7.88. The highest BCUT2D eigenvalue weighted by atomic mass is 79.9. The lowest BCUT2D eigenvalue weighted by molar-refractivity contribution is -0.141. The van der Waals surface area contributed by atoms with Crippen LogP contribution in [0, 0.1) is 5.82 Å². The fraction of sp³-hybridized carbons (Fsp3) is 0.100. The lowest BCUT2D eigenvalue weighted by Gasteiger charge is -2.01. The van der Waals surface area contributed by atoms with E-state index < -0.39 is 17.7 Å². The smallest absolute Gasteiger partial charge is 0.273 e. The number of H-pyrrole nitrogens is 1. The Kier molecular flexibility index (Phi) is 2.94. The quantitative estimate of drug-likeness (QED) is 0.793. The minimum atomic E-state index is -4.52. The molecule has 0 saturated carbocycles. The Morgan fingerprint density at radius 3 is 2.47 bits per heavy atom. The van der Waals surface area contributed by atoms with E-state index in [4.69, 9.17) is 0 Å². The topological polar surface area (TPSA) is 28.7 Å². The Morgan fingerprint density at radius 1 is 1.18 bits per heavy atom. The zero-order valence-electron chi connectivity index (χ0n) is 8.15. The number of aromatic nitrogens is 2. The van der Waals surface area contributed by atoms with Crippen LogP contribution < -0.4 is 0 Å². The molecule has 0 saturated heterocycles. The largest absolute Gasteiger partial charge is 0.432 e. The molecule has 2 nitrogen and oxygen atoms in total. The second-order valence-corrected chi connectivity index (χ2v) is 4.20. The van der Waals surface area contributed by atoms with Gasteiger partial charge in [-0.15, -0.1) is 0 Å². The molecule has 1 N–H and O–H groups in total. The Balaban J connectivity index is 2.47. The van der Waals surface area contributed by atoms with Gasteiger partial charge in [-0.1, -0.05) is 15.9 Å². The fourth-order valence-electron chi connectivity index (χ4n) is 1.30. The summed E-state index contributed by atoms with van der Waals surface area (Å²) < 4.78 is 50.9. The van der Waals surface area contributed by atoms with Crippen molar-refractivity contribution in [2.75, 3.05) is 0 Å². The predicted molar refractivity (Wildman–Crippen MR) is 56.7 cm³/mol. The molecular formula is C10H5BrF4N2. The molecule has 7 heteroatoms. The molecular weight excluding hydrogens is 304 g/mol. The second-order valence-electron chi connectivity index (χ2n) is 3.29. The lowest BCUT2D eigenvalue weighted by atomic mass is 10.1. The van der Waals surface area contributed by atoms with Crippen molar-refractivity contribution in [1.29, 1.82) is 0 Å². The lowest BCUT2D eigenvalue weighted by Crippen LogP contribution is -2.04. The summed E-state index contributed by atoms with van der Waals surface area (Å²) in [4.78, 5) is 0. The molecule has 0 amide bonds. The summed E-state index contributed by atoms with van der Waals surface area (Å²) in [7, 11) is 0. The minimum Gasteiger partial charge on any atom is -0.273 e. The highest BCUT2D eigenvalue weighted by Crippen LogP contribution is 2.31. The molecule has 1 heterocycles. The predicted octanol–water partition coefficient (Wildman–Crippen LogP) is 4.00. The van der Waals surface area contributed by atoms with Crippen LogP contribution in [-0.2, 0) is 6.18 Å². The zero-order chi connectivity index (χ0) is 12.6. The fourth-order valence-corrected chi connectivity index (χ4v) is 1.66. The third-order valence-electron chi connectivity index (χ3n) is 2.09. The number of alkyl halides is 3. The summed E-state index contributed by atoms with van der Waals surface area (Å²) in [5, 5.41) is 5.28. The monoisotopic (exact) mass is 308 g/mol. The number of halogens is 5. The van der Waals surface area contributed by atoms with E-state index in [2.05, 4.69) is 21.0 Å². The third-order valence-corrected chi connectivity index (χ3v) is 2.58. The van der Waals surface area contributed by atoms with Crippen LogP contribution in [-0.4, -0.2) is 10.2 Å². The van der Waals surface area contributed by atoms with Gasteiger partial charge < -0.3 is 0 Å².